The number of rotatable bonds is 6. The van der Waals surface area contributed by atoms with Crippen LogP contribution in [0.1, 0.15) is 5.56 Å². The van der Waals surface area contributed by atoms with Crippen LogP contribution >= 0.6 is 0 Å². The Kier molecular flexibility index (Phi) is 4.61. The van der Waals surface area contributed by atoms with Crippen molar-refractivity contribution in [2.45, 2.75) is 6.54 Å². The fourth-order valence-corrected chi connectivity index (χ4v) is 3.37. The molecule has 3 aromatic heterocycles. The van der Waals surface area contributed by atoms with Gasteiger partial charge in [0.05, 0.1) is 13.4 Å². The van der Waals surface area contributed by atoms with Crippen molar-refractivity contribution in [1.82, 2.24) is 24.1 Å². The lowest BCUT2D eigenvalue weighted by molar-refractivity contribution is 0.415. The largest absolute Gasteiger partial charge is 0.497 e. The summed E-state index contributed by atoms with van der Waals surface area (Å²) in [6.07, 6.45) is 7.44. The summed E-state index contributed by atoms with van der Waals surface area (Å²) in [5, 5.41) is 7.86. The number of hydrogen-bond donors (Lipinski definition) is 1. The third-order valence-corrected chi connectivity index (χ3v) is 4.90. The zero-order chi connectivity index (χ0) is 20.3. The number of imidazole rings is 1. The molecule has 0 aliphatic rings. The standard InChI is InChI=1S/C23H20N6O/c1-30-20-10-6-18(7-11-20)21-3-2-13-29-22(21)26-23(27-29)25-19-8-4-17(5-9-19)15-28-14-12-24-16-28/h2-14,16H,15H2,1H3,(H,25,27). The molecule has 0 unspecified atom stereocenters. The third-order valence-electron chi connectivity index (χ3n) is 4.90. The average molecular weight is 396 g/mol. The minimum Gasteiger partial charge on any atom is -0.497 e. The van der Waals surface area contributed by atoms with Gasteiger partial charge < -0.3 is 14.6 Å². The van der Waals surface area contributed by atoms with Crippen LogP contribution in [-0.2, 0) is 6.54 Å². The second kappa shape index (κ2) is 7.71. The van der Waals surface area contributed by atoms with Crippen molar-refractivity contribution in [2.75, 3.05) is 12.4 Å². The van der Waals surface area contributed by atoms with Crippen molar-refractivity contribution >= 4 is 17.3 Å². The molecule has 0 bridgehead atoms. The van der Waals surface area contributed by atoms with Gasteiger partial charge in [0.25, 0.3) is 0 Å². The molecule has 0 fully saturated rings. The van der Waals surface area contributed by atoms with E-state index in [1.165, 1.54) is 5.56 Å². The number of fused-ring (bicyclic) bond motifs is 1. The molecule has 0 saturated heterocycles. The van der Waals surface area contributed by atoms with Crippen molar-refractivity contribution in [2.24, 2.45) is 0 Å². The highest BCUT2D eigenvalue weighted by Gasteiger charge is 2.10. The Balaban J connectivity index is 1.38. The topological polar surface area (TPSA) is 69.3 Å². The Morgan fingerprint density at radius 1 is 0.967 bits per heavy atom. The summed E-state index contributed by atoms with van der Waals surface area (Å²) in [5.41, 5.74) is 5.00. The Morgan fingerprint density at radius 3 is 2.53 bits per heavy atom. The summed E-state index contributed by atoms with van der Waals surface area (Å²) in [6, 6.07) is 20.2. The van der Waals surface area contributed by atoms with Gasteiger partial charge in [0.1, 0.15) is 5.75 Å². The molecule has 7 heteroatoms. The first kappa shape index (κ1) is 17.9. The quantitative estimate of drug-likeness (QED) is 0.461. The van der Waals surface area contributed by atoms with E-state index in [1.54, 1.807) is 17.8 Å². The Hall–Kier alpha value is -4.13. The predicted molar refractivity (Wildman–Crippen MR) is 116 cm³/mol. The van der Waals surface area contributed by atoms with Gasteiger partial charge in [-0.15, -0.1) is 5.10 Å². The molecule has 0 aliphatic heterocycles. The van der Waals surface area contributed by atoms with Gasteiger partial charge in [0.2, 0.25) is 5.95 Å². The highest BCUT2D eigenvalue weighted by atomic mass is 16.5. The SMILES string of the molecule is COc1ccc(-c2cccn3nc(Nc4ccc(Cn5ccnc5)cc4)nc23)cc1. The number of aromatic nitrogens is 5. The summed E-state index contributed by atoms with van der Waals surface area (Å²) in [5.74, 6) is 1.38. The predicted octanol–water partition coefficient (Wildman–Crippen LogP) is 4.39. The van der Waals surface area contributed by atoms with Crippen LogP contribution in [0.2, 0.25) is 0 Å². The van der Waals surface area contributed by atoms with Gasteiger partial charge in [-0.2, -0.15) is 4.98 Å². The van der Waals surface area contributed by atoms with Crippen LogP contribution in [0.25, 0.3) is 16.8 Å². The summed E-state index contributed by atoms with van der Waals surface area (Å²) >= 11 is 0. The highest BCUT2D eigenvalue weighted by Crippen LogP contribution is 2.26. The molecule has 0 saturated carbocycles. The van der Waals surface area contributed by atoms with E-state index in [1.807, 2.05) is 71.8 Å². The maximum Gasteiger partial charge on any atom is 0.247 e. The molecule has 3 heterocycles. The first-order valence-corrected chi connectivity index (χ1v) is 9.60. The molecule has 0 aliphatic carbocycles. The van der Waals surface area contributed by atoms with Crippen molar-refractivity contribution < 1.29 is 4.74 Å². The second-order valence-electron chi connectivity index (χ2n) is 6.91. The summed E-state index contributed by atoms with van der Waals surface area (Å²) in [6.45, 7) is 0.790. The fourth-order valence-electron chi connectivity index (χ4n) is 3.37. The van der Waals surface area contributed by atoms with Crippen LogP contribution in [-0.4, -0.2) is 31.3 Å². The summed E-state index contributed by atoms with van der Waals surface area (Å²) in [7, 11) is 1.66. The number of methoxy groups -OCH3 is 1. The number of nitrogens with one attached hydrogen (secondary N) is 1. The minimum atomic E-state index is 0.554. The smallest absolute Gasteiger partial charge is 0.247 e. The van der Waals surface area contributed by atoms with Gasteiger partial charge in [-0.1, -0.05) is 24.3 Å². The van der Waals surface area contributed by atoms with Crippen LogP contribution in [0, 0.1) is 0 Å². The van der Waals surface area contributed by atoms with Crippen molar-refractivity contribution in [3.8, 4) is 16.9 Å². The number of benzene rings is 2. The van der Waals surface area contributed by atoms with Gasteiger partial charge in [-0.05, 0) is 47.5 Å². The van der Waals surface area contributed by atoms with Gasteiger partial charge >= 0.3 is 0 Å². The molecule has 5 aromatic rings. The van der Waals surface area contributed by atoms with E-state index in [-0.39, 0.29) is 0 Å². The van der Waals surface area contributed by atoms with Crippen LogP contribution in [0.15, 0.2) is 85.6 Å². The van der Waals surface area contributed by atoms with E-state index in [0.29, 0.717) is 5.95 Å². The lowest BCUT2D eigenvalue weighted by Crippen LogP contribution is -1.97. The molecule has 7 nitrogen and oxygen atoms in total. The number of ether oxygens (including phenoxy) is 1. The first-order chi connectivity index (χ1) is 14.8. The Morgan fingerprint density at radius 2 is 1.80 bits per heavy atom. The zero-order valence-electron chi connectivity index (χ0n) is 16.4. The first-order valence-electron chi connectivity index (χ1n) is 9.60. The van der Waals surface area contributed by atoms with E-state index in [9.17, 15) is 0 Å². The number of anilines is 2. The van der Waals surface area contributed by atoms with Crippen LogP contribution in [0.4, 0.5) is 11.6 Å². The number of pyridine rings is 1. The van der Waals surface area contributed by atoms with E-state index >= 15 is 0 Å². The molecular formula is C23H20N6O. The molecule has 2 aromatic carbocycles. The fraction of sp³-hybridized carbons (Fsp3) is 0.0870. The molecular weight excluding hydrogens is 376 g/mol. The monoisotopic (exact) mass is 396 g/mol. The Labute approximate surface area is 173 Å². The molecule has 0 radical (unpaired) electrons. The summed E-state index contributed by atoms with van der Waals surface area (Å²) in [4.78, 5) is 8.78. The van der Waals surface area contributed by atoms with Gasteiger partial charge in [-0.25, -0.2) is 9.50 Å². The van der Waals surface area contributed by atoms with E-state index in [2.05, 4.69) is 27.5 Å². The van der Waals surface area contributed by atoms with Crippen LogP contribution in [0.3, 0.4) is 0 Å². The van der Waals surface area contributed by atoms with Crippen molar-refractivity contribution in [3.63, 3.8) is 0 Å². The zero-order valence-corrected chi connectivity index (χ0v) is 16.4. The highest BCUT2D eigenvalue weighted by molar-refractivity contribution is 5.78. The van der Waals surface area contributed by atoms with Gasteiger partial charge in [0, 0.05) is 36.4 Å². The molecule has 148 valence electrons. The number of hydrogen-bond acceptors (Lipinski definition) is 5. The van der Waals surface area contributed by atoms with Crippen LogP contribution < -0.4 is 10.1 Å². The summed E-state index contributed by atoms with van der Waals surface area (Å²) < 4.78 is 9.07. The maximum atomic E-state index is 5.25. The van der Waals surface area contributed by atoms with Crippen molar-refractivity contribution in [3.05, 3.63) is 91.1 Å². The van der Waals surface area contributed by atoms with Gasteiger partial charge in [0.15, 0.2) is 5.65 Å². The molecule has 0 spiro atoms. The molecule has 5 rings (SSSR count). The normalized spacial score (nSPS) is 11.0. The lowest BCUT2D eigenvalue weighted by atomic mass is 10.1. The second-order valence-corrected chi connectivity index (χ2v) is 6.91. The third kappa shape index (κ3) is 3.60. The Bertz CT molecular complexity index is 1260. The lowest BCUT2D eigenvalue weighted by Gasteiger charge is -2.05. The minimum absolute atomic E-state index is 0.554. The van der Waals surface area contributed by atoms with E-state index < -0.39 is 0 Å². The van der Waals surface area contributed by atoms with E-state index in [0.717, 1.165) is 34.8 Å². The molecule has 30 heavy (non-hydrogen) atoms. The molecule has 0 amide bonds. The average Bonchev–Trinajstić information content (AvgIpc) is 3.44. The maximum absolute atomic E-state index is 5.25. The number of nitrogens with zero attached hydrogens (tertiary/aromatic N) is 5. The van der Waals surface area contributed by atoms with Crippen LogP contribution in [0.5, 0.6) is 5.75 Å². The van der Waals surface area contributed by atoms with Gasteiger partial charge in [-0.3, -0.25) is 0 Å². The van der Waals surface area contributed by atoms with E-state index in [4.69, 9.17) is 9.72 Å². The molecule has 0 atom stereocenters. The van der Waals surface area contributed by atoms with Crippen molar-refractivity contribution in [1.29, 1.82) is 0 Å². The molecule has 1 N–H and O–H groups in total.